The summed E-state index contributed by atoms with van der Waals surface area (Å²) in [7, 11) is 1.88. The minimum atomic E-state index is 0.0770. The monoisotopic (exact) mass is 288 g/mol. The van der Waals surface area contributed by atoms with Gasteiger partial charge in [-0.25, -0.2) is 0 Å². The maximum atomic E-state index is 12.0. The van der Waals surface area contributed by atoms with E-state index in [1.165, 1.54) is 0 Å². The Kier molecular flexibility index (Phi) is 3.41. The first-order valence-corrected chi connectivity index (χ1v) is 6.82. The fourth-order valence-corrected chi connectivity index (χ4v) is 3.29. The Bertz CT molecular complexity index is 360. The maximum absolute atomic E-state index is 12.0. The Morgan fingerprint density at radius 3 is 3.07 bits per heavy atom. The van der Waals surface area contributed by atoms with Crippen LogP contribution in [-0.2, 0) is 0 Å². The standard InChI is InChI=1S/C10H13BrN2OS/c1-13(8-2-3-15-6-8)10(14)9-4-7(11)5-12-9/h4-5,8,12H,2-3,6H2,1H3. The number of H-pyrrole nitrogens is 1. The molecule has 1 atom stereocenters. The first-order valence-electron chi connectivity index (χ1n) is 4.87. The van der Waals surface area contributed by atoms with Gasteiger partial charge in [0.05, 0.1) is 0 Å². The molecule has 0 spiro atoms. The van der Waals surface area contributed by atoms with E-state index in [2.05, 4.69) is 20.9 Å². The average molecular weight is 289 g/mol. The molecule has 1 amide bonds. The minimum Gasteiger partial charge on any atom is -0.356 e. The number of carbonyl (C=O) groups excluding carboxylic acids is 1. The number of halogens is 1. The molecular formula is C10H13BrN2OS. The van der Waals surface area contributed by atoms with Gasteiger partial charge < -0.3 is 9.88 Å². The predicted octanol–water partition coefficient (Wildman–Crippen LogP) is 2.35. The van der Waals surface area contributed by atoms with Gasteiger partial charge in [0.1, 0.15) is 5.69 Å². The molecule has 82 valence electrons. The van der Waals surface area contributed by atoms with Gasteiger partial charge in [-0.15, -0.1) is 0 Å². The van der Waals surface area contributed by atoms with Crippen molar-refractivity contribution in [3.8, 4) is 0 Å². The molecule has 0 aromatic carbocycles. The SMILES string of the molecule is CN(C(=O)c1cc(Br)c[nH]1)C1CCSC1. The van der Waals surface area contributed by atoms with Gasteiger partial charge in [0.2, 0.25) is 0 Å². The van der Waals surface area contributed by atoms with Crippen molar-refractivity contribution in [1.29, 1.82) is 0 Å². The van der Waals surface area contributed by atoms with Gasteiger partial charge in [0.25, 0.3) is 5.91 Å². The number of nitrogens with one attached hydrogen (secondary N) is 1. The summed E-state index contributed by atoms with van der Waals surface area (Å²) in [6.07, 6.45) is 2.89. The smallest absolute Gasteiger partial charge is 0.270 e. The number of amides is 1. The van der Waals surface area contributed by atoms with Crippen LogP contribution >= 0.6 is 27.7 Å². The van der Waals surface area contributed by atoms with E-state index in [4.69, 9.17) is 0 Å². The number of hydrogen-bond donors (Lipinski definition) is 1. The van der Waals surface area contributed by atoms with Crippen molar-refractivity contribution in [1.82, 2.24) is 9.88 Å². The number of aromatic amines is 1. The Morgan fingerprint density at radius 2 is 2.53 bits per heavy atom. The van der Waals surface area contributed by atoms with Crippen LogP contribution in [0.3, 0.4) is 0 Å². The number of hydrogen-bond acceptors (Lipinski definition) is 2. The van der Waals surface area contributed by atoms with Gasteiger partial charge in [-0.3, -0.25) is 4.79 Å². The summed E-state index contributed by atoms with van der Waals surface area (Å²) in [5.41, 5.74) is 0.654. The zero-order valence-electron chi connectivity index (χ0n) is 8.50. The predicted molar refractivity (Wildman–Crippen MR) is 66.3 cm³/mol. The molecule has 1 aliphatic rings. The summed E-state index contributed by atoms with van der Waals surface area (Å²) in [4.78, 5) is 16.8. The molecule has 0 saturated carbocycles. The molecule has 1 unspecified atom stereocenters. The van der Waals surface area contributed by atoms with Crippen molar-refractivity contribution in [2.75, 3.05) is 18.6 Å². The molecule has 0 radical (unpaired) electrons. The van der Waals surface area contributed by atoms with Crippen LogP contribution in [0.15, 0.2) is 16.7 Å². The molecule has 1 N–H and O–H groups in total. The van der Waals surface area contributed by atoms with Gasteiger partial charge in [0.15, 0.2) is 0 Å². The van der Waals surface area contributed by atoms with Crippen molar-refractivity contribution in [2.45, 2.75) is 12.5 Å². The Hall–Kier alpha value is -0.420. The summed E-state index contributed by atoms with van der Waals surface area (Å²) < 4.78 is 0.917. The Morgan fingerprint density at radius 1 is 1.73 bits per heavy atom. The van der Waals surface area contributed by atoms with Gasteiger partial charge in [-0.05, 0) is 34.2 Å². The van der Waals surface area contributed by atoms with Crippen LogP contribution in [0.1, 0.15) is 16.9 Å². The molecule has 1 saturated heterocycles. The van der Waals surface area contributed by atoms with E-state index < -0.39 is 0 Å². The summed E-state index contributed by atoms with van der Waals surface area (Å²) in [5, 5.41) is 0. The quantitative estimate of drug-likeness (QED) is 0.907. The normalized spacial score (nSPS) is 20.5. The molecule has 3 nitrogen and oxygen atoms in total. The lowest BCUT2D eigenvalue weighted by atomic mass is 10.2. The van der Waals surface area contributed by atoms with Crippen molar-refractivity contribution in [3.63, 3.8) is 0 Å². The number of thioether (sulfide) groups is 1. The van der Waals surface area contributed by atoms with Crippen molar-refractivity contribution in [3.05, 3.63) is 22.4 Å². The molecule has 0 aliphatic carbocycles. The fraction of sp³-hybridized carbons (Fsp3) is 0.500. The minimum absolute atomic E-state index is 0.0770. The number of nitrogens with zero attached hydrogens (tertiary/aromatic N) is 1. The highest BCUT2D eigenvalue weighted by atomic mass is 79.9. The van der Waals surface area contributed by atoms with Gasteiger partial charge in [0, 0.05) is 29.5 Å². The average Bonchev–Trinajstić information content (AvgIpc) is 2.85. The van der Waals surface area contributed by atoms with Crippen molar-refractivity contribution >= 4 is 33.6 Å². The summed E-state index contributed by atoms with van der Waals surface area (Å²) >= 11 is 5.24. The number of aromatic nitrogens is 1. The van der Waals surface area contributed by atoms with Gasteiger partial charge in [-0.1, -0.05) is 0 Å². The van der Waals surface area contributed by atoms with Gasteiger partial charge in [-0.2, -0.15) is 11.8 Å². The number of carbonyl (C=O) groups is 1. The van der Waals surface area contributed by atoms with Crippen LogP contribution in [0, 0.1) is 0 Å². The van der Waals surface area contributed by atoms with E-state index in [0.717, 1.165) is 22.4 Å². The highest BCUT2D eigenvalue weighted by molar-refractivity contribution is 9.10. The van der Waals surface area contributed by atoms with Crippen LogP contribution in [0.2, 0.25) is 0 Å². The van der Waals surface area contributed by atoms with Gasteiger partial charge >= 0.3 is 0 Å². The summed E-state index contributed by atoms with van der Waals surface area (Å²) in [6.45, 7) is 0. The van der Waals surface area contributed by atoms with E-state index in [9.17, 15) is 4.79 Å². The summed E-state index contributed by atoms with van der Waals surface area (Å²) in [6, 6.07) is 2.21. The lowest BCUT2D eigenvalue weighted by molar-refractivity contribution is 0.0742. The Balaban J connectivity index is 2.06. The lowest BCUT2D eigenvalue weighted by Crippen LogP contribution is -2.37. The highest BCUT2D eigenvalue weighted by Crippen LogP contribution is 2.22. The van der Waals surface area contributed by atoms with E-state index in [-0.39, 0.29) is 5.91 Å². The van der Waals surface area contributed by atoms with E-state index >= 15 is 0 Å². The molecule has 1 aliphatic heterocycles. The first kappa shape index (κ1) is 11.1. The van der Waals surface area contributed by atoms with E-state index in [0.29, 0.717) is 11.7 Å². The third-order valence-corrected chi connectivity index (χ3v) is 4.25. The second-order valence-electron chi connectivity index (χ2n) is 3.67. The molecule has 2 rings (SSSR count). The molecule has 5 heteroatoms. The molecule has 2 heterocycles. The first-order chi connectivity index (χ1) is 7.18. The Labute approximate surface area is 102 Å². The zero-order valence-corrected chi connectivity index (χ0v) is 10.9. The largest absolute Gasteiger partial charge is 0.356 e. The van der Waals surface area contributed by atoms with E-state index in [1.54, 1.807) is 6.20 Å². The second kappa shape index (κ2) is 4.61. The van der Waals surface area contributed by atoms with Crippen LogP contribution in [-0.4, -0.2) is 40.4 Å². The van der Waals surface area contributed by atoms with Crippen LogP contribution in [0.25, 0.3) is 0 Å². The summed E-state index contributed by atoms with van der Waals surface area (Å²) in [5.74, 6) is 2.30. The lowest BCUT2D eigenvalue weighted by Gasteiger charge is -2.23. The fourth-order valence-electron chi connectivity index (χ4n) is 1.67. The third-order valence-electron chi connectivity index (χ3n) is 2.65. The molecule has 15 heavy (non-hydrogen) atoms. The molecular weight excluding hydrogens is 276 g/mol. The molecule has 0 bridgehead atoms. The molecule has 1 aromatic rings. The van der Waals surface area contributed by atoms with Crippen LogP contribution < -0.4 is 0 Å². The zero-order chi connectivity index (χ0) is 10.8. The maximum Gasteiger partial charge on any atom is 0.270 e. The molecule has 1 aromatic heterocycles. The third kappa shape index (κ3) is 2.39. The van der Waals surface area contributed by atoms with Crippen LogP contribution in [0.5, 0.6) is 0 Å². The topological polar surface area (TPSA) is 36.1 Å². The molecule has 1 fully saturated rings. The van der Waals surface area contributed by atoms with Crippen molar-refractivity contribution < 1.29 is 4.79 Å². The van der Waals surface area contributed by atoms with E-state index in [1.807, 2.05) is 29.8 Å². The van der Waals surface area contributed by atoms with Crippen LogP contribution in [0.4, 0.5) is 0 Å². The van der Waals surface area contributed by atoms with Crippen molar-refractivity contribution in [2.24, 2.45) is 0 Å². The number of rotatable bonds is 2. The highest BCUT2D eigenvalue weighted by Gasteiger charge is 2.25. The second-order valence-corrected chi connectivity index (χ2v) is 5.73.